The van der Waals surface area contributed by atoms with Crippen LogP contribution in [0.1, 0.15) is 56.0 Å². The lowest BCUT2D eigenvalue weighted by Crippen LogP contribution is -2.43. The largest absolute Gasteiger partial charge is 0.497 e. The molecule has 1 N–H and O–H groups in total. The molecule has 2 aliphatic carbocycles. The fourth-order valence-corrected chi connectivity index (χ4v) is 5.54. The van der Waals surface area contributed by atoms with Crippen LogP contribution in [0.3, 0.4) is 0 Å². The second-order valence-corrected chi connectivity index (χ2v) is 10.2. The van der Waals surface area contributed by atoms with Crippen molar-refractivity contribution in [1.82, 2.24) is 0 Å². The Morgan fingerprint density at radius 3 is 2.42 bits per heavy atom. The van der Waals surface area contributed by atoms with Crippen LogP contribution in [-0.2, 0) is 9.63 Å². The smallest absolute Gasteiger partial charge is 0.365 e. The lowest BCUT2D eigenvalue weighted by atomic mass is 9.64. The van der Waals surface area contributed by atoms with Gasteiger partial charge in [-0.3, -0.25) is 4.79 Å². The van der Waals surface area contributed by atoms with E-state index < -0.39 is 11.4 Å². The van der Waals surface area contributed by atoms with E-state index in [4.69, 9.17) is 21.2 Å². The summed E-state index contributed by atoms with van der Waals surface area (Å²) in [7, 11) is 1.57. The number of halogens is 1. The van der Waals surface area contributed by atoms with Crippen LogP contribution in [0.25, 0.3) is 0 Å². The van der Waals surface area contributed by atoms with E-state index >= 15 is 0 Å². The van der Waals surface area contributed by atoms with Crippen LogP contribution in [-0.4, -0.2) is 24.7 Å². The van der Waals surface area contributed by atoms with E-state index in [-0.39, 0.29) is 16.7 Å². The predicted molar refractivity (Wildman–Crippen MR) is 129 cm³/mol. The van der Waals surface area contributed by atoms with Gasteiger partial charge in [-0.05, 0) is 67.1 Å². The molecule has 0 spiro atoms. The average molecular weight is 469 g/mol. The summed E-state index contributed by atoms with van der Waals surface area (Å²) in [5.74, 6) is 0.0683. The third-order valence-corrected chi connectivity index (χ3v) is 8.42. The number of fused-ring (bicyclic) bond motifs is 2. The van der Waals surface area contributed by atoms with Gasteiger partial charge in [0.2, 0.25) is 5.91 Å². The van der Waals surface area contributed by atoms with Gasteiger partial charge >= 0.3 is 5.97 Å². The zero-order valence-electron chi connectivity index (χ0n) is 19.6. The molecule has 0 heterocycles. The van der Waals surface area contributed by atoms with Crippen LogP contribution < -0.4 is 10.1 Å². The summed E-state index contributed by atoms with van der Waals surface area (Å²) in [4.78, 5) is 31.5. The van der Waals surface area contributed by atoms with E-state index in [0.29, 0.717) is 28.4 Å². The Morgan fingerprint density at radius 1 is 1.06 bits per heavy atom. The SMILES string of the molecule is COc1ccc(C(=O)ON=C2CC3(C(=O)Nc4cc(Cl)ccc4C)CCC2(C)C3(C)C)cc1. The maximum absolute atomic E-state index is 13.7. The first-order valence-electron chi connectivity index (χ1n) is 11.0. The molecular weight excluding hydrogens is 440 g/mol. The summed E-state index contributed by atoms with van der Waals surface area (Å²) < 4.78 is 5.12. The number of nitrogens with one attached hydrogen (secondary N) is 1. The van der Waals surface area contributed by atoms with Crippen LogP contribution in [0.2, 0.25) is 5.02 Å². The van der Waals surface area contributed by atoms with Gasteiger partial charge in [-0.2, -0.15) is 0 Å². The third-order valence-electron chi connectivity index (χ3n) is 8.18. The second kappa shape index (κ2) is 8.17. The van der Waals surface area contributed by atoms with Crippen molar-refractivity contribution in [3.05, 3.63) is 58.6 Å². The molecule has 0 saturated heterocycles. The first-order chi connectivity index (χ1) is 15.5. The van der Waals surface area contributed by atoms with Crippen molar-refractivity contribution < 1.29 is 19.2 Å². The molecule has 0 aliphatic heterocycles. The van der Waals surface area contributed by atoms with Gasteiger partial charge in [-0.15, -0.1) is 0 Å². The van der Waals surface area contributed by atoms with Gasteiger partial charge in [-0.25, -0.2) is 4.79 Å². The number of nitrogens with zero attached hydrogens (tertiary/aromatic N) is 1. The van der Waals surface area contributed by atoms with Crippen LogP contribution >= 0.6 is 11.6 Å². The number of ether oxygens (including phenoxy) is 1. The van der Waals surface area contributed by atoms with Crippen LogP contribution in [0, 0.1) is 23.2 Å². The number of methoxy groups -OCH3 is 1. The molecular formula is C26H29ClN2O4. The van der Waals surface area contributed by atoms with Gasteiger partial charge in [0.15, 0.2) is 0 Å². The van der Waals surface area contributed by atoms with Gasteiger partial charge < -0.3 is 14.9 Å². The molecule has 2 fully saturated rings. The molecule has 174 valence electrons. The molecule has 7 heteroatoms. The van der Waals surface area contributed by atoms with Crippen molar-refractivity contribution in [2.75, 3.05) is 12.4 Å². The molecule has 2 aromatic rings. The number of benzene rings is 2. The number of anilines is 1. The molecule has 6 nitrogen and oxygen atoms in total. The maximum Gasteiger partial charge on any atom is 0.365 e. The Bertz CT molecular complexity index is 1140. The number of aryl methyl sites for hydroxylation is 1. The van der Waals surface area contributed by atoms with E-state index in [2.05, 4.69) is 31.2 Å². The molecule has 0 radical (unpaired) electrons. The first-order valence-corrected chi connectivity index (χ1v) is 11.4. The number of rotatable bonds is 5. The summed E-state index contributed by atoms with van der Waals surface area (Å²) >= 11 is 6.15. The average Bonchev–Trinajstić information content (AvgIpc) is 3.10. The van der Waals surface area contributed by atoms with Gasteiger partial charge in [0, 0.05) is 22.5 Å². The number of hydrogen-bond acceptors (Lipinski definition) is 5. The van der Waals surface area contributed by atoms with Crippen LogP contribution in [0.5, 0.6) is 5.75 Å². The fraction of sp³-hybridized carbons (Fsp3) is 0.423. The molecule has 2 saturated carbocycles. The Kier molecular flexibility index (Phi) is 5.77. The fourth-order valence-electron chi connectivity index (χ4n) is 5.37. The van der Waals surface area contributed by atoms with Crippen molar-refractivity contribution in [3.63, 3.8) is 0 Å². The maximum atomic E-state index is 13.7. The molecule has 2 bridgehead atoms. The standard InChI is InChI=1S/C26H29ClN2O4/c1-16-6-9-18(27)14-20(16)28-23(31)26-13-12-25(4,24(26,2)3)21(15-26)29-33-22(30)17-7-10-19(32-5)11-8-17/h6-11,14H,12-13,15H2,1-5H3,(H,28,31). The van der Waals surface area contributed by atoms with Crippen molar-refractivity contribution in [3.8, 4) is 5.75 Å². The summed E-state index contributed by atoms with van der Waals surface area (Å²) in [6.07, 6.45) is 1.98. The summed E-state index contributed by atoms with van der Waals surface area (Å²) in [6, 6.07) is 12.1. The van der Waals surface area contributed by atoms with Crippen molar-refractivity contribution >= 4 is 34.9 Å². The zero-order chi connectivity index (χ0) is 24.0. The second-order valence-electron chi connectivity index (χ2n) is 9.77. The van der Waals surface area contributed by atoms with Gasteiger partial charge in [-0.1, -0.05) is 43.6 Å². The highest BCUT2D eigenvalue weighted by atomic mass is 35.5. The number of oxime groups is 1. The van der Waals surface area contributed by atoms with E-state index in [1.807, 2.05) is 13.0 Å². The monoisotopic (exact) mass is 468 g/mol. The summed E-state index contributed by atoms with van der Waals surface area (Å²) in [6.45, 7) is 8.27. The quantitative estimate of drug-likeness (QED) is 0.429. The van der Waals surface area contributed by atoms with Gasteiger partial charge in [0.1, 0.15) is 5.75 Å². The minimum absolute atomic E-state index is 0.0479. The number of carbonyl (C=O) groups is 2. The molecule has 2 aliphatic rings. The molecule has 0 aromatic heterocycles. The van der Waals surface area contributed by atoms with Crippen LogP contribution in [0.4, 0.5) is 5.69 Å². The van der Waals surface area contributed by atoms with Crippen molar-refractivity contribution in [2.45, 2.75) is 47.0 Å². The zero-order valence-corrected chi connectivity index (χ0v) is 20.4. The highest BCUT2D eigenvalue weighted by molar-refractivity contribution is 6.31. The third kappa shape index (κ3) is 3.61. The minimum atomic E-state index is -0.651. The number of amides is 1. The molecule has 1 amide bonds. The number of hydrogen-bond donors (Lipinski definition) is 1. The lowest BCUT2D eigenvalue weighted by Gasteiger charge is -2.39. The molecule has 33 heavy (non-hydrogen) atoms. The van der Waals surface area contributed by atoms with E-state index in [9.17, 15) is 9.59 Å². The lowest BCUT2D eigenvalue weighted by molar-refractivity contribution is -0.130. The highest BCUT2D eigenvalue weighted by Gasteiger charge is 2.71. The number of carbonyl (C=O) groups excluding carboxylic acids is 2. The predicted octanol–water partition coefficient (Wildman–Crippen LogP) is 6.02. The normalized spacial score (nSPS) is 26.3. The van der Waals surface area contributed by atoms with Gasteiger partial charge in [0.25, 0.3) is 0 Å². The highest BCUT2D eigenvalue weighted by Crippen LogP contribution is 2.71. The summed E-state index contributed by atoms with van der Waals surface area (Å²) in [5, 5.41) is 7.97. The Balaban J connectivity index is 1.58. The van der Waals surface area contributed by atoms with Crippen molar-refractivity contribution in [2.24, 2.45) is 21.4 Å². The Hall–Kier alpha value is -2.86. The van der Waals surface area contributed by atoms with Crippen molar-refractivity contribution in [1.29, 1.82) is 0 Å². The topological polar surface area (TPSA) is 77.0 Å². The molecule has 4 rings (SSSR count). The van der Waals surface area contributed by atoms with E-state index in [1.165, 1.54) is 0 Å². The van der Waals surface area contributed by atoms with E-state index in [0.717, 1.165) is 24.1 Å². The summed E-state index contributed by atoms with van der Waals surface area (Å²) in [5.41, 5.74) is 1.42. The molecule has 2 unspecified atom stereocenters. The minimum Gasteiger partial charge on any atom is -0.497 e. The first kappa shape index (κ1) is 23.3. The molecule has 2 aromatic carbocycles. The molecule has 2 atom stereocenters. The van der Waals surface area contributed by atoms with Gasteiger partial charge in [0.05, 0.1) is 23.8 Å². The Labute approximate surface area is 199 Å². The van der Waals surface area contributed by atoms with Crippen LogP contribution in [0.15, 0.2) is 47.6 Å². The van der Waals surface area contributed by atoms with E-state index in [1.54, 1.807) is 43.5 Å². The Morgan fingerprint density at radius 2 is 1.76 bits per heavy atom.